The first-order chi connectivity index (χ1) is 16.2. The molecule has 0 unspecified atom stereocenters. The van der Waals surface area contributed by atoms with Crippen LogP contribution >= 0.6 is 0 Å². The minimum absolute atomic E-state index is 0.177. The Morgan fingerprint density at radius 2 is 1.65 bits per heavy atom. The van der Waals surface area contributed by atoms with Gasteiger partial charge in [-0.3, -0.25) is 9.78 Å². The first-order valence-electron chi connectivity index (χ1n) is 11.1. The average Bonchev–Trinajstić information content (AvgIpc) is 2.84. The Hall–Kier alpha value is -3.30. The molecule has 1 fully saturated rings. The van der Waals surface area contributed by atoms with Crippen molar-refractivity contribution >= 4 is 32.8 Å². The number of aromatic nitrogens is 1. The fourth-order valence-corrected chi connectivity index (χ4v) is 5.46. The van der Waals surface area contributed by atoms with Gasteiger partial charge in [-0.25, -0.2) is 13.2 Å². The molecule has 178 valence electrons. The summed E-state index contributed by atoms with van der Waals surface area (Å²) in [4.78, 5) is 31.9. The number of nitrogens with zero attached hydrogens (tertiary/aromatic N) is 3. The van der Waals surface area contributed by atoms with Gasteiger partial charge in [0.15, 0.2) is 6.10 Å². The van der Waals surface area contributed by atoms with Crippen molar-refractivity contribution in [3.05, 3.63) is 71.4 Å². The summed E-state index contributed by atoms with van der Waals surface area (Å²) in [7, 11) is -3.61. The zero-order valence-corrected chi connectivity index (χ0v) is 20.2. The number of carbonyl (C=O) groups excluding carboxylic acids is 2. The normalized spacial score (nSPS) is 15.8. The van der Waals surface area contributed by atoms with Crippen molar-refractivity contribution in [2.75, 3.05) is 26.2 Å². The van der Waals surface area contributed by atoms with Gasteiger partial charge in [-0.1, -0.05) is 29.8 Å². The maximum Gasteiger partial charge on any atom is 0.340 e. The highest BCUT2D eigenvalue weighted by molar-refractivity contribution is 7.89. The van der Waals surface area contributed by atoms with Gasteiger partial charge in [0.25, 0.3) is 5.91 Å². The zero-order valence-electron chi connectivity index (χ0n) is 19.4. The van der Waals surface area contributed by atoms with E-state index in [1.807, 2.05) is 25.1 Å². The van der Waals surface area contributed by atoms with E-state index in [-0.39, 0.29) is 37.0 Å². The summed E-state index contributed by atoms with van der Waals surface area (Å²) in [6, 6.07) is 15.8. The lowest BCUT2D eigenvalue weighted by Crippen LogP contribution is -2.52. The standard InChI is InChI=1S/C25H27N3O5S/c1-17-9-10-23-20(15-17)16-22(18(2)26-23)25(30)33-19(3)24(29)27-11-13-28(14-12-27)34(31,32)21-7-5-4-6-8-21/h4-10,15-16,19H,11-14H2,1-3H3/t19-/m0/s1. The van der Waals surface area contributed by atoms with Crippen molar-refractivity contribution in [3.63, 3.8) is 0 Å². The highest BCUT2D eigenvalue weighted by Gasteiger charge is 2.32. The molecule has 4 rings (SSSR count). The lowest BCUT2D eigenvalue weighted by atomic mass is 10.1. The summed E-state index contributed by atoms with van der Waals surface area (Å²) in [5.41, 5.74) is 2.68. The third-order valence-corrected chi connectivity index (χ3v) is 7.86. The second kappa shape index (κ2) is 9.52. The largest absolute Gasteiger partial charge is 0.449 e. The minimum Gasteiger partial charge on any atom is -0.449 e. The van der Waals surface area contributed by atoms with E-state index < -0.39 is 22.1 Å². The fraction of sp³-hybridized carbons (Fsp3) is 0.320. The Morgan fingerprint density at radius 3 is 2.32 bits per heavy atom. The molecule has 9 heteroatoms. The predicted molar refractivity (Wildman–Crippen MR) is 128 cm³/mol. The number of amides is 1. The van der Waals surface area contributed by atoms with E-state index in [1.54, 1.807) is 43.3 Å². The third kappa shape index (κ3) is 4.80. The van der Waals surface area contributed by atoms with E-state index in [2.05, 4.69) is 4.98 Å². The van der Waals surface area contributed by atoms with Gasteiger partial charge in [0.05, 0.1) is 21.7 Å². The van der Waals surface area contributed by atoms with E-state index in [1.165, 1.54) is 16.1 Å². The summed E-state index contributed by atoms with van der Waals surface area (Å²) in [5.74, 6) is -0.966. The summed E-state index contributed by atoms with van der Waals surface area (Å²) in [6.45, 7) is 6.03. The molecule has 0 bridgehead atoms. The smallest absolute Gasteiger partial charge is 0.340 e. The topological polar surface area (TPSA) is 96.9 Å². The maximum absolute atomic E-state index is 12.9. The Bertz CT molecular complexity index is 1330. The van der Waals surface area contributed by atoms with Gasteiger partial charge in [-0.15, -0.1) is 0 Å². The monoisotopic (exact) mass is 481 g/mol. The van der Waals surface area contributed by atoms with E-state index in [0.717, 1.165) is 16.5 Å². The molecule has 1 aromatic heterocycles. The molecule has 8 nitrogen and oxygen atoms in total. The first kappa shape index (κ1) is 23.8. The molecular weight excluding hydrogens is 454 g/mol. The van der Waals surface area contributed by atoms with E-state index in [9.17, 15) is 18.0 Å². The number of sulfonamides is 1. The molecule has 1 amide bonds. The zero-order chi connectivity index (χ0) is 24.5. The van der Waals surface area contributed by atoms with Crippen LogP contribution in [0.5, 0.6) is 0 Å². The quantitative estimate of drug-likeness (QED) is 0.520. The number of ether oxygens (including phenoxy) is 1. The number of rotatable bonds is 5. The molecule has 1 atom stereocenters. The molecule has 2 heterocycles. The van der Waals surface area contributed by atoms with Gasteiger partial charge in [0, 0.05) is 31.6 Å². The number of benzene rings is 2. The SMILES string of the molecule is Cc1ccc2nc(C)c(C(=O)O[C@@H](C)C(=O)N3CCN(S(=O)(=O)c4ccccc4)CC3)cc2c1. The third-order valence-electron chi connectivity index (χ3n) is 5.94. The van der Waals surface area contributed by atoms with Gasteiger partial charge < -0.3 is 9.64 Å². The second-order valence-corrected chi connectivity index (χ2v) is 10.3. The summed E-state index contributed by atoms with van der Waals surface area (Å²) < 4.78 is 32.4. The van der Waals surface area contributed by atoms with Crippen molar-refractivity contribution in [2.45, 2.75) is 31.8 Å². The summed E-state index contributed by atoms with van der Waals surface area (Å²) in [5, 5.41) is 0.826. The molecule has 0 N–H and O–H groups in total. The van der Waals surface area contributed by atoms with Gasteiger partial charge in [-0.2, -0.15) is 4.31 Å². The highest BCUT2D eigenvalue weighted by Crippen LogP contribution is 2.21. The number of piperazine rings is 1. The van der Waals surface area contributed by atoms with Crippen LogP contribution in [0.2, 0.25) is 0 Å². The van der Waals surface area contributed by atoms with Gasteiger partial charge in [0.2, 0.25) is 10.0 Å². The number of carbonyl (C=O) groups is 2. The molecule has 0 saturated carbocycles. The molecule has 0 aliphatic carbocycles. The van der Waals surface area contributed by atoms with Crippen LogP contribution < -0.4 is 0 Å². The van der Waals surface area contributed by atoms with E-state index in [0.29, 0.717) is 11.3 Å². The second-order valence-electron chi connectivity index (χ2n) is 8.41. The lowest BCUT2D eigenvalue weighted by Gasteiger charge is -2.35. The lowest BCUT2D eigenvalue weighted by molar-refractivity contribution is -0.141. The van der Waals surface area contributed by atoms with Crippen molar-refractivity contribution in [2.24, 2.45) is 0 Å². The molecule has 3 aromatic rings. The minimum atomic E-state index is -3.61. The van der Waals surface area contributed by atoms with Crippen LogP contribution in [0.3, 0.4) is 0 Å². The Balaban J connectivity index is 1.39. The van der Waals surface area contributed by atoms with Crippen LogP contribution in [0.25, 0.3) is 10.9 Å². The van der Waals surface area contributed by atoms with Crippen molar-refractivity contribution in [1.82, 2.24) is 14.2 Å². The number of fused-ring (bicyclic) bond motifs is 1. The number of esters is 1. The molecule has 0 radical (unpaired) electrons. The Labute approximate surface area is 199 Å². The molecular formula is C25H27N3O5S. The fourth-order valence-electron chi connectivity index (χ4n) is 4.02. The van der Waals surface area contributed by atoms with Crippen molar-refractivity contribution in [3.8, 4) is 0 Å². The van der Waals surface area contributed by atoms with Crippen LogP contribution in [0.1, 0.15) is 28.5 Å². The molecule has 34 heavy (non-hydrogen) atoms. The number of hydrogen-bond donors (Lipinski definition) is 0. The summed E-state index contributed by atoms with van der Waals surface area (Å²) >= 11 is 0. The van der Waals surface area contributed by atoms with Crippen molar-refractivity contribution < 1.29 is 22.7 Å². The van der Waals surface area contributed by atoms with Crippen LogP contribution in [0.4, 0.5) is 0 Å². The van der Waals surface area contributed by atoms with Gasteiger partial charge in [0.1, 0.15) is 0 Å². The van der Waals surface area contributed by atoms with Gasteiger partial charge >= 0.3 is 5.97 Å². The van der Waals surface area contributed by atoms with Crippen molar-refractivity contribution in [1.29, 1.82) is 0 Å². The predicted octanol–water partition coefficient (Wildman–Crippen LogP) is 2.93. The molecule has 1 saturated heterocycles. The van der Waals surface area contributed by atoms with Crippen LogP contribution in [-0.4, -0.2) is 66.8 Å². The average molecular weight is 482 g/mol. The summed E-state index contributed by atoms with van der Waals surface area (Å²) in [6.07, 6.45) is -1.00. The molecule has 2 aromatic carbocycles. The molecule has 1 aliphatic heterocycles. The highest BCUT2D eigenvalue weighted by atomic mass is 32.2. The molecule has 1 aliphatic rings. The number of pyridine rings is 1. The van der Waals surface area contributed by atoms with Crippen LogP contribution in [0.15, 0.2) is 59.5 Å². The van der Waals surface area contributed by atoms with E-state index in [4.69, 9.17) is 4.74 Å². The number of aryl methyl sites for hydroxylation is 2. The molecule has 0 spiro atoms. The maximum atomic E-state index is 12.9. The Morgan fingerprint density at radius 1 is 0.971 bits per heavy atom. The van der Waals surface area contributed by atoms with E-state index >= 15 is 0 Å². The number of hydrogen-bond acceptors (Lipinski definition) is 6. The van der Waals surface area contributed by atoms with Crippen LogP contribution in [-0.2, 0) is 19.6 Å². The first-order valence-corrected chi connectivity index (χ1v) is 12.5. The Kier molecular flexibility index (Phi) is 6.67. The van der Waals surface area contributed by atoms with Crippen LogP contribution in [0, 0.1) is 13.8 Å². The van der Waals surface area contributed by atoms with Gasteiger partial charge in [-0.05, 0) is 51.1 Å².